The lowest BCUT2D eigenvalue weighted by Crippen LogP contribution is -2.20. The van der Waals surface area contributed by atoms with E-state index in [1.165, 1.54) is 24.5 Å². The SMILES string of the molecule is COc1cc(/C=C(\C#N)C(=O)Nc2sc3c(c2C#N)CCCC3)cc(I)c1OCC(=O)Nc1ccc(C)cc1. The molecule has 0 atom stereocenters. The minimum atomic E-state index is -0.588. The third-order valence-electron chi connectivity index (χ3n) is 6.12. The van der Waals surface area contributed by atoms with E-state index < -0.39 is 5.91 Å². The van der Waals surface area contributed by atoms with Crippen LogP contribution >= 0.6 is 33.9 Å². The van der Waals surface area contributed by atoms with E-state index in [1.54, 1.807) is 12.1 Å². The van der Waals surface area contributed by atoms with Gasteiger partial charge < -0.3 is 20.1 Å². The molecule has 0 aliphatic heterocycles. The van der Waals surface area contributed by atoms with Gasteiger partial charge in [-0.15, -0.1) is 11.3 Å². The van der Waals surface area contributed by atoms with Crippen molar-refractivity contribution in [2.75, 3.05) is 24.4 Å². The van der Waals surface area contributed by atoms with Crippen molar-refractivity contribution in [3.05, 3.63) is 72.7 Å². The lowest BCUT2D eigenvalue weighted by Gasteiger charge is -2.14. The molecule has 198 valence electrons. The number of rotatable bonds is 8. The van der Waals surface area contributed by atoms with Gasteiger partial charge in [-0.1, -0.05) is 17.7 Å². The van der Waals surface area contributed by atoms with Crippen molar-refractivity contribution in [1.29, 1.82) is 10.5 Å². The molecule has 10 heteroatoms. The van der Waals surface area contributed by atoms with Gasteiger partial charge >= 0.3 is 0 Å². The van der Waals surface area contributed by atoms with Crippen molar-refractivity contribution in [2.24, 2.45) is 0 Å². The van der Waals surface area contributed by atoms with Gasteiger partial charge in [0.15, 0.2) is 18.1 Å². The Morgan fingerprint density at radius 2 is 1.87 bits per heavy atom. The minimum absolute atomic E-state index is 0.116. The molecule has 39 heavy (non-hydrogen) atoms. The zero-order chi connectivity index (χ0) is 27.9. The number of hydrogen-bond acceptors (Lipinski definition) is 7. The molecule has 0 bridgehead atoms. The summed E-state index contributed by atoms with van der Waals surface area (Å²) in [7, 11) is 1.47. The zero-order valence-corrected chi connectivity index (χ0v) is 24.4. The molecule has 0 saturated heterocycles. The molecule has 0 saturated carbocycles. The van der Waals surface area contributed by atoms with Crippen molar-refractivity contribution >= 4 is 62.5 Å². The van der Waals surface area contributed by atoms with E-state index in [9.17, 15) is 20.1 Å². The fourth-order valence-corrected chi connectivity index (χ4v) is 6.21. The normalized spacial score (nSPS) is 12.5. The molecule has 0 unspecified atom stereocenters. The summed E-state index contributed by atoms with van der Waals surface area (Å²) in [4.78, 5) is 26.5. The summed E-state index contributed by atoms with van der Waals surface area (Å²) in [5, 5.41) is 25.4. The Morgan fingerprint density at radius 1 is 1.13 bits per heavy atom. The summed E-state index contributed by atoms with van der Waals surface area (Å²) in [6, 6.07) is 15.0. The van der Waals surface area contributed by atoms with Crippen molar-refractivity contribution in [3.63, 3.8) is 0 Å². The van der Waals surface area contributed by atoms with E-state index in [0.717, 1.165) is 41.7 Å². The molecular weight excluding hydrogens is 627 g/mol. The molecule has 2 amide bonds. The van der Waals surface area contributed by atoms with Crippen LogP contribution in [0, 0.1) is 33.2 Å². The standard InChI is InChI=1S/C29H25IN4O4S/c1-17-7-9-20(10-8-17)33-26(35)16-38-27-23(30)12-18(13-24(27)37-2)11-19(14-31)28(36)34-29-22(15-32)21-5-3-4-6-25(21)39-29/h7-13H,3-6,16H2,1-2H3,(H,33,35)(H,34,36)/b19-11+. The lowest BCUT2D eigenvalue weighted by molar-refractivity contribution is -0.118. The third-order valence-corrected chi connectivity index (χ3v) is 8.13. The maximum absolute atomic E-state index is 13.0. The number of fused-ring (bicyclic) bond motifs is 1. The van der Waals surface area contributed by atoms with E-state index in [-0.39, 0.29) is 18.1 Å². The van der Waals surface area contributed by atoms with Crippen molar-refractivity contribution < 1.29 is 19.1 Å². The molecule has 1 aliphatic rings. The van der Waals surface area contributed by atoms with Crippen LogP contribution in [-0.2, 0) is 22.4 Å². The van der Waals surface area contributed by atoms with Gasteiger partial charge in [-0.25, -0.2) is 0 Å². The third kappa shape index (κ3) is 6.77. The predicted octanol–water partition coefficient (Wildman–Crippen LogP) is 5.98. The second-order valence-electron chi connectivity index (χ2n) is 8.89. The molecule has 3 aromatic rings. The smallest absolute Gasteiger partial charge is 0.266 e. The molecule has 1 aliphatic carbocycles. The van der Waals surface area contributed by atoms with Crippen LogP contribution in [0.4, 0.5) is 10.7 Å². The van der Waals surface area contributed by atoms with E-state index >= 15 is 0 Å². The van der Waals surface area contributed by atoms with Crippen LogP contribution in [0.3, 0.4) is 0 Å². The molecule has 2 N–H and O–H groups in total. The van der Waals surface area contributed by atoms with Crippen LogP contribution < -0.4 is 20.1 Å². The Kier molecular flexibility index (Phi) is 9.23. The number of aryl methyl sites for hydroxylation is 2. The highest BCUT2D eigenvalue weighted by Crippen LogP contribution is 2.38. The highest BCUT2D eigenvalue weighted by molar-refractivity contribution is 14.1. The van der Waals surface area contributed by atoms with Crippen LogP contribution in [0.5, 0.6) is 11.5 Å². The number of methoxy groups -OCH3 is 1. The number of anilines is 2. The predicted molar refractivity (Wildman–Crippen MR) is 159 cm³/mol. The second-order valence-corrected chi connectivity index (χ2v) is 11.2. The zero-order valence-electron chi connectivity index (χ0n) is 21.4. The minimum Gasteiger partial charge on any atom is -0.493 e. The number of nitrogens with one attached hydrogen (secondary N) is 2. The first-order chi connectivity index (χ1) is 18.8. The summed E-state index contributed by atoms with van der Waals surface area (Å²) in [6.45, 7) is 1.74. The molecule has 1 aromatic heterocycles. The number of ether oxygens (including phenoxy) is 2. The fraction of sp³-hybridized carbons (Fsp3) is 0.241. The average Bonchev–Trinajstić information content (AvgIpc) is 3.28. The van der Waals surface area contributed by atoms with E-state index in [1.807, 2.05) is 59.8 Å². The number of carbonyl (C=O) groups is 2. The van der Waals surface area contributed by atoms with Crippen LogP contribution in [0.2, 0.25) is 0 Å². The molecule has 8 nitrogen and oxygen atoms in total. The highest BCUT2D eigenvalue weighted by Gasteiger charge is 2.23. The van der Waals surface area contributed by atoms with Gasteiger partial charge in [-0.2, -0.15) is 10.5 Å². The largest absolute Gasteiger partial charge is 0.493 e. The van der Waals surface area contributed by atoms with Crippen LogP contribution in [0.1, 0.15) is 40.0 Å². The highest BCUT2D eigenvalue weighted by atomic mass is 127. The molecule has 0 fully saturated rings. The van der Waals surface area contributed by atoms with Crippen LogP contribution in [-0.4, -0.2) is 25.5 Å². The average molecular weight is 653 g/mol. The Balaban J connectivity index is 1.49. The number of hydrogen-bond donors (Lipinski definition) is 2. The number of nitrogens with zero attached hydrogens (tertiary/aromatic N) is 2. The number of nitriles is 2. The first-order valence-corrected chi connectivity index (χ1v) is 14.1. The van der Waals surface area contributed by atoms with E-state index in [2.05, 4.69) is 16.7 Å². The molecule has 1 heterocycles. The van der Waals surface area contributed by atoms with Gasteiger partial charge in [0.05, 0.1) is 16.2 Å². The molecule has 4 rings (SSSR count). The van der Waals surface area contributed by atoms with Gasteiger partial charge in [0.2, 0.25) is 0 Å². The summed E-state index contributed by atoms with van der Waals surface area (Å²) in [6.07, 6.45) is 5.25. The Bertz CT molecular complexity index is 1530. The van der Waals surface area contributed by atoms with Gasteiger partial charge in [-0.05, 0) is 96.7 Å². The molecule has 0 spiro atoms. The van der Waals surface area contributed by atoms with Gasteiger partial charge in [0, 0.05) is 10.6 Å². The van der Waals surface area contributed by atoms with Crippen LogP contribution in [0.15, 0.2) is 42.0 Å². The number of benzene rings is 2. The quantitative estimate of drug-likeness (QED) is 0.175. The first kappa shape index (κ1) is 28.1. The van der Waals surface area contributed by atoms with Crippen molar-refractivity contribution in [3.8, 4) is 23.6 Å². The van der Waals surface area contributed by atoms with Gasteiger partial charge in [0.1, 0.15) is 22.7 Å². The Labute approximate surface area is 244 Å². The van der Waals surface area contributed by atoms with Crippen molar-refractivity contribution in [2.45, 2.75) is 32.6 Å². The summed E-state index contributed by atoms with van der Waals surface area (Å²) >= 11 is 3.46. The number of thiophene rings is 1. The number of amides is 2. The molecular formula is C29H25IN4O4S. The topological polar surface area (TPSA) is 124 Å². The maximum Gasteiger partial charge on any atom is 0.266 e. The first-order valence-electron chi connectivity index (χ1n) is 12.2. The monoisotopic (exact) mass is 652 g/mol. The number of halogens is 1. The number of carbonyl (C=O) groups excluding carboxylic acids is 2. The van der Waals surface area contributed by atoms with E-state index in [4.69, 9.17) is 9.47 Å². The van der Waals surface area contributed by atoms with Gasteiger partial charge in [0.25, 0.3) is 11.8 Å². The summed E-state index contributed by atoms with van der Waals surface area (Å²) < 4.78 is 11.9. The summed E-state index contributed by atoms with van der Waals surface area (Å²) in [5.41, 5.74) is 3.69. The van der Waals surface area contributed by atoms with Crippen molar-refractivity contribution in [1.82, 2.24) is 0 Å². The Hall–Kier alpha value is -3.87. The lowest BCUT2D eigenvalue weighted by atomic mass is 9.96. The Morgan fingerprint density at radius 3 is 2.56 bits per heavy atom. The van der Waals surface area contributed by atoms with E-state index in [0.29, 0.717) is 36.9 Å². The van der Waals surface area contributed by atoms with Gasteiger partial charge in [-0.3, -0.25) is 9.59 Å². The molecule has 2 aromatic carbocycles. The maximum atomic E-state index is 13.0. The summed E-state index contributed by atoms with van der Waals surface area (Å²) in [5.74, 6) is -0.183. The fourth-order valence-electron chi connectivity index (χ4n) is 4.19. The second kappa shape index (κ2) is 12.8. The molecule has 0 radical (unpaired) electrons. The van der Waals surface area contributed by atoms with Crippen LogP contribution in [0.25, 0.3) is 6.08 Å².